The van der Waals surface area contributed by atoms with Gasteiger partial charge in [-0.1, -0.05) is 23.7 Å². The molecule has 0 bridgehead atoms. The second-order valence-corrected chi connectivity index (χ2v) is 6.32. The van der Waals surface area contributed by atoms with Crippen molar-refractivity contribution in [3.63, 3.8) is 0 Å². The molecular weight excluding hydrogens is 378 g/mol. The van der Waals surface area contributed by atoms with Crippen LogP contribution >= 0.6 is 11.6 Å². The van der Waals surface area contributed by atoms with Crippen LogP contribution in [0.15, 0.2) is 55.4 Å². The molecule has 9 heteroatoms. The lowest BCUT2D eigenvalue weighted by Gasteiger charge is -2.11. The fourth-order valence-electron chi connectivity index (χ4n) is 2.65. The van der Waals surface area contributed by atoms with E-state index in [9.17, 15) is 0 Å². The summed E-state index contributed by atoms with van der Waals surface area (Å²) in [5.41, 5.74) is 8.58. The summed E-state index contributed by atoms with van der Waals surface area (Å²) in [6.07, 6.45) is 8.47. The number of anilines is 2. The van der Waals surface area contributed by atoms with E-state index < -0.39 is 0 Å². The maximum absolute atomic E-state index is 5.98. The van der Waals surface area contributed by atoms with Gasteiger partial charge < -0.3 is 15.8 Å². The second-order valence-electron chi connectivity index (χ2n) is 5.91. The summed E-state index contributed by atoms with van der Waals surface area (Å²) < 4.78 is 5.82. The van der Waals surface area contributed by atoms with Crippen LogP contribution < -0.4 is 15.8 Å². The molecule has 3 aromatic heterocycles. The number of nitrogens with two attached hydrogens (primary N) is 1. The third-order valence-corrected chi connectivity index (χ3v) is 4.31. The van der Waals surface area contributed by atoms with E-state index in [-0.39, 0.29) is 0 Å². The molecule has 0 atom stereocenters. The summed E-state index contributed by atoms with van der Waals surface area (Å²) in [6.45, 7) is 0.660. The fraction of sp³-hybridized carbons (Fsp3) is 0.105. The van der Waals surface area contributed by atoms with Gasteiger partial charge >= 0.3 is 0 Å². The number of nitrogen functional groups attached to an aromatic ring is 1. The number of pyridine rings is 1. The van der Waals surface area contributed by atoms with Crippen molar-refractivity contribution < 1.29 is 4.74 Å². The van der Waals surface area contributed by atoms with Crippen LogP contribution in [0, 0.1) is 0 Å². The molecule has 28 heavy (non-hydrogen) atoms. The molecule has 0 amide bonds. The highest BCUT2D eigenvalue weighted by atomic mass is 35.5. The number of nitrogens with zero attached hydrogens (tertiary/aromatic N) is 5. The normalized spacial score (nSPS) is 10.8. The molecule has 4 aromatic rings. The zero-order valence-corrected chi connectivity index (χ0v) is 15.5. The summed E-state index contributed by atoms with van der Waals surface area (Å²) in [5.74, 6) is 1.74. The molecule has 3 heterocycles. The third-order valence-electron chi connectivity index (χ3n) is 4.00. The Morgan fingerprint density at radius 1 is 1.07 bits per heavy atom. The quantitative estimate of drug-likeness (QED) is 0.512. The Labute approximate surface area is 165 Å². The van der Waals surface area contributed by atoms with Crippen LogP contribution in [0.3, 0.4) is 0 Å². The van der Waals surface area contributed by atoms with Crippen LogP contribution in [0.4, 0.5) is 11.5 Å². The maximum atomic E-state index is 5.98. The smallest absolute Gasteiger partial charge is 0.183 e. The SMILES string of the molecule is Nc1c(Cl)cncc1Oc1cccc(CCNc2ncnc3nccnc23)c1. The van der Waals surface area contributed by atoms with Crippen molar-refractivity contribution in [2.45, 2.75) is 6.42 Å². The molecule has 8 nitrogen and oxygen atoms in total. The van der Waals surface area contributed by atoms with Crippen LogP contribution in [0.25, 0.3) is 11.2 Å². The lowest BCUT2D eigenvalue weighted by Crippen LogP contribution is -2.08. The van der Waals surface area contributed by atoms with Crippen LogP contribution in [0.1, 0.15) is 5.56 Å². The number of aromatic nitrogens is 5. The van der Waals surface area contributed by atoms with Crippen molar-refractivity contribution in [3.8, 4) is 11.5 Å². The Kier molecular flexibility index (Phi) is 5.11. The first-order valence-electron chi connectivity index (χ1n) is 8.52. The molecule has 0 aliphatic heterocycles. The van der Waals surface area contributed by atoms with Gasteiger partial charge in [-0.2, -0.15) is 0 Å². The number of hydrogen-bond donors (Lipinski definition) is 2. The molecule has 1 aromatic carbocycles. The first-order valence-corrected chi connectivity index (χ1v) is 8.90. The van der Waals surface area contributed by atoms with Crippen molar-refractivity contribution >= 4 is 34.3 Å². The average molecular weight is 394 g/mol. The summed E-state index contributed by atoms with van der Waals surface area (Å²) in [4.78, 5) is 20.8. The lowest BCUT2D eigenvalue weighted by molar-refractivity contribution is 0.482. The first-order chi connectivity index (χ1) is 13.7. The summed E-state index contributed by atoms with van der Waals surface area (Å²) in [5, 5.41) is 3.64. The molecule has 0 saturated heterocycles. The Morgan fingerprint density at radius 2 is 1.96 bits per heavy atom. The van der Waals surface area contributed by atoms with E-state index >= 15 is 0 Å². The topological polar surface area (TPSA) is 112 Å². The standard InChI is InChI=1S/C19H16ClN7O/c20-14-9-22-10-15(16(14)21)28-13-3-1-2-12(8-13)4-5-24-18-17-19(27-11-26-18)25-7-6-23-17/h1-3,6-11H,4-5H2,(H2,21,22)(H,24,25,26,27). The van der Waals surface area contributed by atoms with Gasteiger partial charge in [0.15, 0.2) is 17.2 Å². The zero-order valence-electron chi connectivity index (χ0n) is 14.7. The highest BCUT2D eigenvalue weighted by molar-refractivity contribution is 6.33. The van der Waals surface area contributed by atoms with Crippen LogP contribution in [0.2, 0.25) is 5.02 Å². The van der Waals surface area contributed by atoms with Crippen LogP contribution in [0.5, 0.6) is 11.5 Å². The summed E-state index contributed by atoms with van der Waals surface area (Å²) in [6, 6.07) is 7.74. The maximum Gasteiger partial charge on any atom is 0.183 e. The van der Waals surface area contributed by atoms with Gasteiger partial charge in [0.25, 0.3) is 0 Å². The Hall–Kier alpha value is -3.52. The van der Waals surface area contributed by atoms with Crippen LogP contribution in [-0.4, -0.2) is 31.5 Å². The molecule has 140 valence electrons. The van der Waals surface area contributed by atoms with Gasteiger partial charge in [0.1, 0.15) is 17.6 Å². The molecule has 0 aliphatic carbocycles. The van der Waals surface area contributed by atoms with Crippen molar-refractivity contribution in [1.82, 2.24) is 24.9 Å². The van der Waals surface area contributed by atoms with Gasteiger partial charge in [0.05, 0.1) is 16.9 Å². The van der Waals surface area contributed by atoms with Crippen molar-refractivity contribution in [2.75, 3.05) is 17.6 Å². The fourth-order valence-corrected chi connectivity index (χ4v) is 2.80. The minimum Gasteiger partial charge on any atom is -0.454 e. The molecule has 0 radical (unpaired) electrons. The van der Waals surface area contributed by atoms with Gasteiger partial charge in [0, 0.05) is 25.1 Å². The molecule has 0 saturated carbocycles. The first kappa shape index (κ1) is 17.9. The number of fused-ring (bicyclic) bond motifs is 1. The Bertz CT molecular complexity index is 1120. The molecule has 0 fully saturated rings. The summed E-state index contributed by atoms with van der Waals surface area (Å²) >= 11 is 5.98. The van der Waals surface area contributed by atoms with Crippen molar-refractivity contribution in [2.24, 2.45) is 0 Å². The van der Waals surface area contributed by atoms with Crippen LogP contribution in [-0.2, 0) is 6.42 Å². The van der Waals surface area contributed by atoms with Crippen molar-refractivity contribution in [3.05, 3.63) is 66.0 Å². The molecule has 4 rings (SSSR count). The minimum absolute atomic E-state index is 0.359. The highest BCUT2D eigenvalue weighted by Gasteiger charge is 2.08. The number of ether oxygens (including phenoxy) is 1. The number of hydrogen-bond acceptors (Lipinski definition) is 8. The Morgan fingerprint density at radius 3 is 2.89 bits per heavy atom. The minimum atomic E-state index is 0.359. The number of nitrogens with one attached hydrogen (secondary N) is 1. The molecule has 0 aliphatic rings. The molecule has 0 spiro atoms. The predicted octanol–water partition coefficient (Wildman–Crippen LogP) is 3.50. The van der Waals surface area contributed by atoms with E-state index in [2.05, 4.69) is 30.2 Å². The predicted molar refractivity (Wildman–Crippen MR) is 107 cm³/mol. The monoisotopic (exact) mass is 393 g/mol. The molecule has 0 unspecified atom stereocenters. The van der Waals surface area contributed by atoms with E-state index in [0.717, 1.165) is 12.0 Å². The highest BCUT2D eigenvalue weighted by Crippen LogP contribution is 2.31. The number of rotatable bonds is 6. The summed E-state index contributed by atoms with van der Waals surface area (Å²) in [7, 11) is 0. The van der Waals surface area contributed by atoms with E-state index in [4.69, 9.17) is 22.1 Å². The third kappa shape index (κ3) is 3.91. The molecule has 3 N–H and O–H groups in total. The number of halogens is 1. The van der Waals surface area contributed by atoms with Gasteiger partial charge in [0.2, 0.25) is 0 Å². The largest absolute Gasteiger partial charge is 0.454 e. The van der Waals surface area contributed by atoms with Gasteiger partial charge in [-0.05, 0) is 24.1 Å². The second kappa shape index (κ2) is 8.01. The van der Waals surface area contributed by atoms with E-state index in [0.29, 0.717) is 45.7 Å². The van der Waals surface area contributed by atoms with Gasteiger partial charge in [-0.3, -0.25) is 4.98 Å². The van der Waals surface area contributed by atoms with Gasteiger partial charge in [-0.15, -0.1) is 0 Å². The van der Waals surface area contributed by atoms with E-state index in [1.807, 2.05) is 24.3 Å². The Balaban J connectivity index is 1.43. The van der Waals surface area contributed by atoms with E-state index in [1.54, 1.807) is 12.4 Å². The van der Waals surface area contributed by atoms with E-state index in [1.165, 1.54) is 18.7 Å². The molecular formula is C19H16ClN7O. The average Bonchev–Trinajstić information content (AvgIpc) is 2.72. The lowest BCUT2D eigenvalue weighted by atomic mass is 10.1. The van der Waals surface area contributed by atoms with Gasteiger partial charge in [-0.25, -0.2) is 19.9 Å². The zero-order chi connectivity index (χ0) is 19.3. The number of benzene rings is 1. The van der Waals surface area contributed by atoms with Crippen molar-refractivity contribution in [1.29, 1.82) is 0 Å².